The van der Waals surface area contributed by atoms with Crippen LogP contribution in [0.15, 0.2) is 52.3 Å². The lowest BCUT2D eigenvalue weighted by molar-refractivity contribution is 0.100. The molecular formula is C16H16N2O3S2. The molecule has 3 N–H and O–H groups in total. The molecule has 1 heterocycles. The van der Waals surface area contributed by atoms with Crippen LogP contribution in [-0.2, 0) is 16.4 Å². The van der Waals surface area contributed by atoms with Crippen molar-refractivity contribution in [3.63, 3.8) is 0 Å². The van der Waals surface area contributed by atoms with E-state index < -0.39 is 15.9 Å². The fourth-order valence-corrected chi connectivity index (χ4v) is 4.55. The number of thioether (sulfide) groups is 1. The second kappa shape index (κ2) is 6.25. The Morgan fingerprint density at radius 2 is 1.87 bits per heavy atom. The Bertz CT molecular complexity index is 846. The standard InChI is InChI=1S/C16H16N2O3S2/c17-16(19)11-3-5-13(6-4-11)18-23(20,21)14-7-8-15-12(10-14)2-1-9-22-15/h3-8,10,18H,1-2,9H2,(H2,17,19). The Morgan fingerprint density at radius 1 is 1.13 bits per heavy atom. The number of nitrogens with one attached hydrogen (secondary N) is 1. The number of aryl methyl sites for hydroxylation is 1. The number of amides is 1. The Hall–Kier alpha value is -1.99. The van der Waals surface area contributed by atoms with Gasteiger partial charge in [-0.2, -0.15) is 0 Å². The maximum Gasteiger partial charge on any atom is 0.261 e. The van der Waals surface area contributed by atoms with Crippen molar-refractivity contribution >= 4 is 33.4 Å². The third-order valence-electron chi connectivity index (χ3n) is 3.61. The van der Waals surface area contributed by atoms with Gasteiger partial charge in [0.15, 0.2) is 0 Å². The van der Waals surface area contributed by atoms with Gasteiger partial charge in [0.25, 0.3) is 10.0 Å². The summed E-state index contributed by atoms with van der Waals surface area (Å²) in [4.78, 5) is 12.4. The molecule has 120 valence electrons. The van der Waals surface area contributed by atoms with Crippen molar-refractivity contribution in [3.8, 4) is 0 Å². The van der Waals surface area contributed by atoms with E-state index >= 15 is 0 Å². The predicted octanol–water partition coefficient (Wildman–Crippen LogP) is 2.62. The van der Waals surface area contributed by atoms with Crippen molar-refractivity contribution < 1.29 is 13.2 Å². The number of anilines is 1. The number of carbonyl (C=O) groups is 1. The first kappa shape index (κ1) is 15.9. The van der Waals surface area contributed by atoms with Gasteiger partial charge >= 0.3 is 0 Å². The summed E-state index contributed by atoms with van der Waals surface area (Å²) in [5.41, 5.74) is 6.97. The summed E-state index contributed by atoms with van der Waals surface area (Å²) >= 11 is 1.76. The van der Waals surface area contributed by atoms with Gasteiger partial charge in [0.05, 0.1) is 4.90 Å². The molecule has 23 heavy (non-hydrogen) atoms. The summed E-state index contributed by atoms with van der Waals surface area (Å²) in [6, 6.07) is 11.2. The van der Waals surface area contributed by atoms with Crippen molar-refractivity contribution in [2.24, 2.45) is 5.73 Å². The van der Waals surface area contributed by atoms with E-state index in [1.807, 2.05) is 6.07 Å². The topological polar surface area (TPSA) is 89.3 Å². The number of sulfonamides is 1. The molecule has 0 saturated carbocycles. The van der Waals surface area contributed by atoms with Gasteiger partial charge < -0.3 is 5.73 Å². The molecule has 3 rings (SSSR count). The van der Waals surface area contributed by atoms with E-state index in [1.54, 1.807) is 23.9 Å². The number of carbonyl (C=O) groups excluding carboxylic acids is 1. The third kappa shape index (κ3) is 3.51. The summed E-state index contributed by atoms with van der Waals surface area (Å²) in [7, 11) is -3.66. The fraction of sp³-hybridized carbons (Fsp3) is 0.188. The summed E-state index contributed by atoms with van der Waals surface area (Å²) in [5, 5.41) is 0. The maximum atomic E-state index is 12.5. The Balaban J connectivity index is 1.85. The molecule has 0 unspecified atom stereocenters. The molecule has 1 aliphatic heterocycles. The zero-order valence-electron chi connectivity index (χ0n) is 12.3. The smallest absolute Gasteiger partial charge is 0.261 e. The zero-order valence-corrected chi connectivity index (χ0v) is 13.9. The molecule has 0 atom stereocenters. The van der Waals surface area contributed by atoms with Gasteiger partial charge in [0.1, 0.15) is 0 Å². The van der Waals surface area contributed by atoms with Crippen molar-refractivity contribution in [3.05, 3.63) is 53.6 Å². The average molecular weight is 348 g/mol. The minimum absolute atomic E-state index is 0.248. The van der Waals surface area contributed by atoms with E-state index in [4.69, 9.17) is 5.73 Å². The Labute approximate surface area is 139 Å². The second-order valence-electron chi connectivity index (χ2n) is 5.27. The largest absolute Gasteiger partial charge is 0.366 e. The van der Waals surface area contributed by atoms with E-state index in [0.717, 1.165) is 29.1 Å². The second-order valence-corrected chi connectivity index (χ2v) is 8.09. The molecular weight excluding hydrogens is 332 g/mol. The summed E-state index contributed by atoms with van der Waals surface area (Å²) in [6.07, 6.45) is 1.96. The van der Waals surface area contributed by atoms with E-state index in [0.29, 0.717) is 11.3 Å². The Kier molecular flexibility index (Phi) is 4.32. The van der Waals surface area contributed by atoms with Crippen molar-refractivity contribution in [2.45, 2.75) is 22.6 Å². The van der Waals surface area contributed by atoms with Crippen molar-refractivity contribution in [1.82, 2.24) is 0 Å². The lowest BCUT2D eigenvalue weighted by Crippen LogP contribution is -2.14. The highest BCUT2D eigenvalue weighted by Gasteiger charge is 2.18. The number of primary amides is 1. The lowest BCUT2D eigenvalue weighted by Gasteiger charge is -2.16. The summed E-state index contributed by atoms with van der Waals surface area (Å²) < 4.78 is 27.5. The van der Waals surface area contributed by atoms with Crippen LogP contribution in [0.4, 0.5) is 5.69 Å². The molecule has 5 nitrogen and oxygen atoms in total. The van der Waals surface area contributed by atoms with Crippen LogP contribution in [0.5, 0.6) is 0 Å². The first-order valence-electron chi connectivity index (χ1n) is 7.14. The normalized spacial score (nSPS) is 14.1. The lowest BCUT2D eigenvalue weighted by atomic mass is 10.1. The van der Waals surface area contributed by atoms with Crippen LogP contribution in [0.2, 0.25) is 0 Å². The van der Waals surface area contributed by atoms with E-state index in [-0.39, 0.29) is 4.90 Å². The van der Waals surface area contributed by atoms with Gasteiger partial charge in [-0.1, -0.05) is 0 Å². The van der Waals surface area contributed by atoms with Gasteiger partial charge in [-0.3, -0.25) is 9.52 Å². The number of hydrogen-bond acceptors (Lipinski definition) is 4. The van der Waals surface area contributed by atoms with Crippen molar-refractivity contribution in [1.29, 1.82) is 0 Å². The predicted molar refractivity (Wildman–Crippen MR) is 91.3 cm³/mol. The van der Waals surface area contributed by atoms with Gasteiger partial charge in [-0.25, -0.2) is 8.42 Å². The van der Waals surface area contributed by atoms with Gasteiger partial charge in [-0.05, 0) is 66.6 Å². The minimum Gasteiger partial charge on any atom is -0.366 e. The number of rotatable bonds is 4. The van der Waals surface area contributed by atoms with Gasteiger partial charge in [0.2, 0.25) is 5.91 Å². The summed E-state index contributed by atoms with van der Waals surface area (Å²) in [5.74, 6) is 0.524. The number of hydrogen-bond donors (Lipinski definition) is 2. The quantitative estimate of drug-likeness (QED) is 0.889. The van der Waals surface area contributed by atoms with Gasteiger partial charge in [0, 0.05) is 16.1 Å². The zero-order chi connectivity index (χ0) is 16.4. The molecule has 2 aromatic rings. The van der Waals surface area contributed by atoms with Crippen LogP contribution >= 0.6 is 11.8 Å². The highest BCUT2D eigenvalue weighted by molar-refractivity contribution is 7.99. The van der Waals surface area contributed by atoms with Crippen LogP contribution < -0.4 is 10.5 Å². The molecule has 0 radical (unpaired) electrons. The molecule has 1 aliphatic rings. The molecule has 1 amide bonds. The van der Waals surface area contributed by atoms with Crippen LogP contribution in [0.3, 0.4) is 0 Å². The van der Waals surface area contributed by atoms with Gasteiger partial charge in [-0.15, -0.1) is 11.8 Å². The minimum atomic E-state index is -3.66. The first-order valence-corrected chi connectivity index (χ1v) is 9.61. The monoisotopic (exact) mass is 348 g/mol. The molecule has 0 spiro atoms. The summed E-state index contributed by atoms with van der Waals surface area (Å²) in [6.45, 7) is 0. The first-order chi connectivity index (χ1) is 11.0. The van der Waals surface area contributed by atoms with Crippen molar-refractivity contribution in [2.75, 3.05) is 10.5 Å². The third-order valence-corrected chi connectivity index (χ3v) is 6.19. The SMILES string of the molecule is NC(=O)c1ccc(NS(=O)(=O)c2ccc3c(c2)CCCS3)cc1. The Morgan fingerprint density at radius 3 is 2.57 bits per heavy atom. The molecule has 2 aromatic carbocycles. The molecule has 0 saturated heterocycles. The number of nitrogens with two attached hydrogens (primary N) is 1. The van der Waals surface area contributed by atoms with E-state index in [2.05, 4.69) is 4.72 Å². The molecule has 0 fully saturated rings. The molecule has 7 heteroatoms. The highest BCUT2D eigenvalue weighted by Crippen LogP contribution is 2.31. The molecule has 0 aromatic heterocycles. The van der Waals surface area contributed by atoms with Crippen LogP contribution in [-0.4, -0.2) is 20.1 Å². The van der Waals surface area contributed by atoms with E-state index in [1.165, 1.54) is 24.3 Å². The van der Waals surface area contributed by atoms with Crippen LogP contribution in [0.25, 0.3) is 0 Å². The molecule has 0 aliphatic carbocycles. The van der Waals surface area contributed by atoms with E-state index in [9.17, 15) is 13.2 Å². The average Bonchev–Trinajstić information content (AvgIpc) is 2.54. The van der Waals surface area contributed by atoms with Crippen LogP contribution in [0, 0.1) is 0 Å². The maximum absolute atomic E-state index is 12.5. The van der Waals surface area contributed by atoms with Crippen LogP contribution in [0.1, 0.15) is 22.3 Å². The number of fused-ring (bicyclic) bond motifs is 1. The molecule has 0 bridgehead atoms. The fourth-order valence-electron chi connectivity index (χ4n) is 2.42. The highest BCUT2D eigenvalue weighted by atomic mass is 32.2. The number of benzene rings is 2.